The molecule has 132 valence electrons. The smallest absolute Gasteiger partial charge is 0.201 e. The molecule has 1 aromatic carbocycles. The molecule has 0 spiro atoms. The minimum Gasteiger partial charge on any atom is -0.493 e. The molecule has 7 nitrogen and oxygen atoms in total. The van der Waals surface area contributed by atoms with Crippen LogP contribution in [0.1, 0.15) is 5.69 Å². The molecule has 3 aromatic rings. The average Bonchev–Trinajstić information content (AvgIpc) is 3.22. The van der Waals surface area contributed by atoms with Gasteiger partial charge in [0.05, 0.1) is 43.8 Å². The van der Waals surface area contributed by atoms with Crippen molar-refractivity contribution in [3.05, 3.63) is 41.8 Å². The van der Waals surface area contributed by atoms with Crippen molar-refractivity contribution in [1.82, 2.24) is 14.5 Å². The Bertz CT molecular complexity index is 992. The van der Waals surface area contributed by atoms with Gasteiger partial charge in [0.1, 0.15) is 5.01 Å². The molecular formula is C16H17N3O4S2. The van der Waals surface area contributed by atoms with Crippen molar-refractivity contribution in [2.75, 3.05) is 14.2 Å². The van der Waals surface area contributed by atoms with E-state index in [1.807, 2.05) is 12.1 Å². The van der Waals surface area contributed by atoms with E-state index in [2.05, 4.69) is 9.97 Å². The Kier molecular flexibility index (Phi) is 4.78. The molecule has 2 aromatic heterocycles. The summed E-state index contributed by atoms with van der Waals surface area (Å²) in [6.07, 6.45) is 2.80. The fourth-order valence-electron chi connectivity index (χ4n) is 2.47. The molecule has 0 fully saturated rings. The van der Waals surface area contributed by atoms with Crippen molar-refractivity contribution in [2.24, 2.45) is 7.05 Å². The van der Waals surface area contributed by atoms with Gasteiger partial charge in [-0.25, -0.2) is 18.4 Å². The molecule has 0 bridgehead atoms. The summed E-state index contributed by atoms with van der Waals surface area (Å²) >= 11 is 1.36. The first-order valence-electron chi connectivity index (χ1n) is 7.31. The molecule has 0 aliphatic carbocycles. The molecule has 0 atom stereocenters. The van der Waals surface area contributed by atoms with Gasteiger partial charge in [0, 0.05) is 12.4 Å². The molecule has 9 heteroatoms. The maximum Gasteiger partial charge on any atom is 0.201 e. The second-order valence-electron chi connectivity index (χ2n) is 5.29. The van der Waals surface area contributed by atoms with Gasteiger partial charge in [-0.15, -0.1) is 11.3 Å². The van der Waals surface area contributed by atoms with Gasteiger partial charge in [0.2, 0.25) is 9.84 Å². The number of hydrogen-bond acceptors (Lipinski definition) is 7. The molecule has 0 aliphatic heterocycles. The molecule has 0 aliphatic rings. The van der Waals surface area contributed by atoms with Crippen molar-refractivity contribution in [3.8, 4) is 22.1 Å². The van der Waals surface area contributed by atoms with Gasteiger partial charge in [-0.3, -0.25) is 0 Å². The van der Waals surface area contributed by atoms with E-state index in [0.29, 0.717) is 22.2 Å². The molecule has 2 heterocycles. The fraction of sp³-hybridized carbons (Fsp3) is 0.250. The highest BCUT2D eigenvalue weighted by Crippen LogP contribution is 2.39. The van der Waals surface area contributed by atoms with Crippen molar-refractivity contribution in [1.29, 1.82) is 0 Å². The maximum absolute atomic E-state index is 12.5. The van der Waals surface area contributed by atoms with Gasteiger partial charge >= 0.3 is 0 Å². The van der Waals surface area contributed by atoms with Crippen LogP contribution in [0.5, 0.6) is 11.5 Å². The lowest BCUT2D eigenvalue weighted by molar-refractivity contribution is 0.356. The summed E-state index contributed by atoms with van der Waals surface area (Å²) in [5, 5.41) is 2.58. The quantitative estimate of drug-likeness (QED) is 0.654. The van der Waals surface area contributed by atoms with Crippen LogP contribution < -0.4 is 9.47 Å². The molecule has 25 heavy (non-hydrogen) atoms. The number of rotatable bonds is 6. The van der Waals surface area contributed by atoms with E-state index in [9.17, 15) is 8.42 Å². The molecule has 0 radical (unpaired) electrons. The number of ether oxygens (including phenoxy) is 2. The third kappa shape index (κ3) is 3.38. The third-order valence-corrected chi connectivity index (χ3v) is 6.24. The Morgan fingerprint density at radius 1 is 1.24 bits per heavy atom. The highest BCUT2D eigenvalue weighted by molar-refractivity contribution is 7.90. The summed E-state index contributed by atoms with van der Waals surface area (Å²) in [6, 6.07) is 5.49. The lowest BCUT2D eigenvalue weighted by Gasteiger charge is -2.10. The number of aryl methyl sites for hydroxylation is 1. The van der Waals surface area contributed by atoms with E-state index in [0.717, 1.165) is 5.56 Å². The Hall–Kier alpha value is -2.39. The van der Waals surface area contributed by atoms with E-state index in [4.69, 9.17) is 9.47 Å². The molecule has 0 amide bonds. The summed E-state index contributed by atoms with van der Waals surface area (Å²) in [6.45, 7) is 0. The topological polar surface area (TPSA) is 83.3 Å². The first kappa shape index (κ1) is 17.4. The predicted octanol–water partition coefficient (Wildman–Crippen LogP) is 2.53. The van der Waals surface area contributed by atoms with Gasteiger partial charge in [-0.1, -0.05) is 6.07 Å². The number of aromatic nitrogens is 3. The lowest BCUT2D eigenvalue weighted by atomic mass is 10.2. The average molecular weight is 379 g/mol. The zero-order valence-corrected chi connectivity index (χ0v) is 15.6. The van der Waals surface area contributed by atoms with E-state index in [1.54, 1.807) is 32.7 Å². The number of nitrogens with zero attached hydrogens (tertiary/aromatic N) is 3. The molecule has 0 saturated heterocycles. The molecule has 0 unspecified atom stereocenters. The highest BCUT2D eigenvalue weighted by atomic mass is 32.2. The minimum atomic E-state index is -3.51. The summed E-state index contributed by atoms with van der Waals surface area (Å²) in [5.74, 6) is 0.981. The zero-order valence-electron chi connectivity index (χ0n) is 14.0. The van der Waals surface area contributed by atoms with Crippen LogP contribution in [0.4, 0.5) is 0 Å². The second-order valence-corrected chi connectivity index (χ2v) is 8.08. The Balaban J connectivity index is 1.93. The standard InChI is InChI=1S/C16H17N3O4S2/c1-19-10-17-7-14(19)25(20,21)9-11-8-24-16(18-11)12-5-4-6-13(22-2)15(12)23-3/h4-8,10H,9H2,1-3H3. The van der Waals surface area contributed by atoms with Crippen LogP contribution in [0.2, 0.25) is 0 Å². The van der Waals surface area contributed by atoms with Crippen LogP contribution in [-0.4, -0.2) is 37.2 Å². The van der Waals surface area contributed by atoms with Crippen molar-refractivity contribution in [3.63, 3.8) is 0 Å². The maximum atomic E-state index is 12.5. The van der Waals surface area contributed by atoms with E-state index >= 15 is 0 Å². The molecule has 0 saturated carbocycles. The SMILES string of the molecule is COc1cccc(-c2nc(CS(=O)(=O)c3cncn3C)cs2)c1OC. The van der Waals surface area contributed by atoms with Gasteiger partial charge in [-0.05, 0) is 12.1 Å². The number of hydrogen-bond donors (Lipinski definition) is 0. The summed E-state index contributed by atoms with van der Waals surface area (Å²) in [4.78, 5) is 8.32. The minimum absolute atomic E-state index is 0.168. The summed E-state index contributed by atoms with van der Waals surface area (Å²) in [7, 11) is 1.26. The molecular weight excluding hydrogens is 362 g/mol. The van der Waals surface area contributed by atoms with Crippen molar-refractivity contribution in [2.45, 2.75) is 10.8 Å². The summed E-state index contributed by atoms with van der Waals surface area (Å²) < 4.78 is 37.2. The lowest BCUT2D eigenvalue weighted by Crippen LogP contribution is -2.09. The van der Waals surface area contributed by atoms with E-state index in [-0.39, 0.29) is 10.8 Å². The van der Waals surface area contributed by atoms with Crippen molar-refractivity contribution >= 4 is 21.2 Å². The first-order valence-corrected chi connectivity index (χ1v) is 9.84. The van der Waals surface area contributed by atoms with Crippen molar-refractivity contribution < 1.29 is 17.9 Å². The highest BCUT2D eigenvalue weighted by Gasteiger charge is 2.21. The van der Waals surface area contributed by atoms with E-state index < -0.39 is 9.84 Å². The van der Waals surface area contributed by atoms with Crippen LogP contribution in [0.25, 0.3) is 10.6 Å². The third-order valence-electron chi connectivity index (χ3n) is 3.61. The molecule has 3 rings (SSSR count). The van der Waals surface area contributed by atoms with Crippen LogP contribution in [0.3, 0.4) is 0 Å². The number of thiazole rings is 1. The number of methoxy groups -OCH3 is 2. The Labute approximate surface area is 149 Å². The second kappa shape index (κ2) is 6.85. The van der Waals surface area contributed by atoms with Crippen LogP contribution in [0, 0.1) is 0 Å². The van der Waals surface area contributed by atoms with Crippen LogP contribution in [0.15, 0.2) is 41.1 Å². The number of benzene rings is 1. The monoisotopic (exact) mass is 379 g/mol. The molecule has 0 N–H and O–H groups in total. The van der Waals surface area contributed by atoms with Gasteiger partial charge in [0.15, 0.2) is 16.5 Å². The number of sulfone groups is 1. The summed E-state index contributed by atoms with van der Waals surface area (Å²) in [5.41, 5.74) is 1.24. The number of imidazole rings is 1. The largest absolute Gasteiger partial charge is 0.493 e. The Morgan fingerprint density at radius 2 is 2.04 bits per heavy atom. The number of para-hydroxylation sites is 1. The Morgan fingerprint density at radius 3 is 2.68 bits per heavy atom. The van der Waals surface area contributed by atoms with Crippen LogP contribution in [-0.2, 0) is 22.6 Å². The van der Waals surface area contributed by atoms with Gasteiger partial charge in [-0.2, -0.15) is 0 Å². The first-order chi connectivity index (χ1) is 12.0. The zero-order chi connectivity index (χ0) is 18.0. The predicted molar refractivity (Wildman–Crippen MR) is 94.8 cm³/mol. The van der Waals surface area contributed by atoms with Crippen LogP contribution >= 0.6 is 11.3 Å². The van der Waals surface area contributed by atoms with Gasteiger partial charge in [0.25, 0.3) is 0 Å². The normalized spacial score (nSPS) is 11.5. The van der Waals surface area contributed by atoms with Gasteiger partial charge < -0.3 is 14.0 Å². The van der Waals surface area contributed by atoms with E-state index in [1.165, 1.54) is 28.4 Å². The fourth-order valence-corrected chi connectivity index (χ4v) is 4.81.